The maximum Gasteiger partial charge on any atom is 0.202 e. The highest BCUT2D eigenvalue weighted by Crippen LogP contribution is 2.55. The second-order valence-corrected chi connectivity index (χ2v) is 4.50. The maximum atomic E-state index is 13.1. The van der Waals surface area contributed by atoms with Crippen LogP contribution in [0.25, 0.3) is 0 Å². The fourth-order valence-electron chi connectivity index (χ4n) is 1.67. The third-order valence-electron chi connectivity index (χ3n) is 3.17. The van der Waals surface area contributed by atoms with E-state index in [2.05, 4.69) is 4.98 Å². The van der Waals surface area contributed by atoms with Crippen LogP contribution in [0.3, 0.4) is 0 Å². The van der Waals surface area contributed by atoms with Crippen molar-refractivity contribution >= 4 is 11.6 Å². The Balaban J connectivity index is 2.28. The van der Waals surface area contributed by atoms with Crippen LogP contribution in [0.1, 0.15) is 25.1 Å². The van der Waals surface area contributed by atoms with Gasteiger partial charge in [0, 0.05) is 12.5 Å². The highest BCUT2D eigenvalue weighted by atomic mass is 35.5. The Morgan fingerprint density at radius 1 is 1.86 bits per heavy atom. The molecule has 0 aliphatic heterocycles. The Labute approximate surface area is 87.1 Å². The molecule has 5 heteroatoms. The van der Waals surface area contributed by atoms with E-state index in [1.807, 2.05) is 6.92 Å². The standard InChI is InChI=1S/C9H13ClFN3/c1-9(3-6(9)11)7(12)5-4-13-8(10)14(5)2/h4,6-7H,3,12H2,1-2H3. The predicted octanol–water partition coefficient (Wildman–Crippen LogP) is 1.82. The molecule has 1 saturated carbocycles. The molecular weight excluding hydrogens is 205 g/mol. The minimum Gasteiger partial charge on any atom is -0.322 e. The molecule has 1 aliphatic carbocycles. The lowest BCUT2D eigenvalue weighted by atomic mass is 9.97. The van der Waals surface area contributed by atoms with Crippen LogP contribution in [0.15, 0.2) is 6.20 Å². The maximum absolute atomic E-state index is 13.1. The van der Waals surface area contributed by atoms with Gasteiger partial charge in [-0.1, -0.05) is 6.92 Å². The Kier molecular flexibility index (Phi) is 2.08. The van der Waals surface area contributed by atoms with Gasteiger partial charge < -0.3 is 10.3 Å². The van der Waals surface area contributed by atoms with Crippen molar-refractivity contribution in [3.63, 3.8) is 0 Å². The molecule has 2 rings (SSSR count). The minimum absolute atomic E-state index is 0.331. The summed E-state index contributed by atoms with van der Waals surface area (Å²) in [6.45, 7) is 1.85. The number of nitrogens with zero attached hydrogens (tertiary/aromatic N) is 2. The Hall–Kier alpha value is -0.610. The van der Waals surface area contributed by atoms with Gasteiger partial charge in [-0.3, -0.25) is 0 Å². The lowest BCUT2D eigenvalue weighted by molar-refractivity contribution is 0.325. The summed E-state index contributed by atoms with van der Waals surface area (Å²) in [6.07, 6.45) is 1.34. The number of imidazole rings is 1. The van der Waals surface area contributed by atoms with E-state index < -0.39 is 11.6 Å². The van der Waals surface area contributed by atoms with Gasteiger partial charge in [-0.25, -0.2) is 9.37 Å². The molecule has 3 atom stereocenters. The minimum atomic E-state index is -0.800. The van der Waals surface area contributed by atoms with E-state index in [0.717, 1.165) is 5.69 Å². The van der Waals surface area contributed by atoms with Gasteiger partial charge in [-0.15, -0.1) is 0 Å². The van der Waals surface area contributed by atoms with E-state index in [1.54, 1.807) is 17.8 Å². The van der Waals surface area contributed by atoms with Crippen molar-refractivity contribution in [1.29, 1.82) is 0 Å². The number of hydrogen-bond acceptors (Lipinski definition) is 2. The zero-order valence-electron chi connectivity index (χ0n) is 8.17. The van der Waals surface area contributed by atoms with E-state index in [1.165, 1.54) is 0 Å². The van der Waals surface area contributed by atoms with E-state index in [-0.39, 0.29) is 6.04 Å². The summed E-state index contributed by atoms with van der Waals surface area (Å²) in [6, 6.07) is -0.331. The highest BCUT2D eigenvalue weighted by molar-refractivity contribution is 6.28. The molecule has 1 fully saturated rings. The number of rotatable bonds is 2. The summed E-state index contributed by atoms with van der Waals surface area (Å²) in [5.41, 5.74) is 6.34. The molecule has 0 radical (unpaired) electrons. The Bertz CT molecular complexity index is 365. The summed E-state index contributed by atoms with van der Waals surface area (Å²) >= 11 is 5.78. The summed E-state index contributed by atoms with van der Waals surface area (Å²) in [4.78, 5) is 3.93. The average molecular weight is 218 g/mol. The average Bonchev–Trinajstić information content (AvgIpc) is 2.61. The molecule has 3 nitrogen and oxygen atoms in total. The lowest BCUT2D eigenvalue weighted by Crippen LogP contribution is -2.24. The fraction of sp³-hybridized carbons (Fsp3) is 0.667. The van der Waals surface area contributed by atoms with Crippen molar-refractivity contribution < 1.29 is 4.39 Å². The highest BCUT2D eigenvalue weighted by Gasteiger charge is 2.56. The largest absolute Gasteiger partial charge is 0.322 e. The van der Waals surface area contributed by atoms with Crippen molar-refractivity contribution in [3.05, 3.63) is 17.2 Å². The van der Waals surface area contributed by atoms with Crippen molar-refractivity contribution in [2.75, 3.05) is 0 Å². The van der Waals surface area contributed by atoms with Gasteiger partial charge in [0.05, 0.1) is 17.9 Å². The van der Waals surface area contributed by atoms with Crippen LogP contribution < -0.4 is 5.73 Å². The van der Waals surface area contributed by atoms with Gasteiger partial charge in [0.25, 0.3) is 0 Å². The van der Waals surface area contributed by atoms with E-state index in [0.29, 0.717) is 11.7 Å². The van der Waals surface area contributed by atoms with E-state index in [4.69, 9.17) is 17.3 Å². The van der Waals surface area contributed by atoms with Gasteiger partial charge >= 0.3 is 0 Å². The summed E-state index contributed by atoms with van der Waals surface area (Å²) in [7, 11) is 1.78. The molecule has 0 saturated heterocycles. The van der Waals surface area contributed by atoms with Crippen molar-refractivity contribution in [3.8, 4) is 0 Å². The predicted molar refractivity (Wildman–Crippen MR) is 52.8 cm³/mol. The summed E-state index contributed by atoms with van der Waals surface area (Å²) in [5.74, 6) is 0. The summed E-state index contributed by atoms with van der Waals surface area (Å²) < 4.78 is 14.8. The first kappa shape index (κ1) is 9.93. The molecule has 0 bridgehead atoms. The number of alkyl halides is 1. The zero-order valence-corrected chi connectivity index (χ0v) is 8.92. The zero-order chi connectivity index (χ0) is 10.5. The first-order chi connectivity index (χ1) is 6.47. The normalized spacial score (nSPS) is 33.1. The van der Waals surface area contributed by atoms with E-state index >= 15 is 0 Å². The monoisotopic (exact) mass is 217 g/mol. The first-order valence-corrected chi connectivity index (χ1v) is 4.91. The second-order valence-electron chi connectivity index (χ2n) is 4.17. The molecule has 1 aromatic rings. The van der Waals surface area contributed by atoms with Crippen LogP contribution in [-0.4, -0.2) is 15.7 Å². The first-order valence-electron chi connectivity index (χ1n) is 4.53. The lowest BCUT2D eigenvalue weighted by Gasteiger charge is -2.18. The second kappa shape index (κ2) is 2.94. The van der Waals surface area contributed by atoms with Crippen LogP contribution in [0, 0.1) is 5.41 Å². The van der Waals surface area contributed by atoms with Crippen LogP contribution in [-0.2, 0) is 7.05 Å². The number of halogens is 2. The quantitative estimate of drug-likeness (QED) is 0.821. The molecule has 0 spiro atoms. The SMILES string of the molecule is Cn1c(C(N)C2(C)CC2F)cnc1Cl. The molecule has 14 heavy (non-hydrogen) atoms. The van der Waals surface area contributed by atoms with Crippen molar-refractivity contribution in [2.45, 2.75) is 25.6 Å². The Morgan fingerprint density at radius 2 is 2.43 bits per heavy atom. The molecule has 78 valence electrons. The molecule has 1 aromatic heterocycles. The van der Waals surface area contributed by atoms with Gasteiger partial charge in [0.2, 0.25) is 5.28 Å². The van der Waals surface area contributed by atoms with Crippen LogP contribution in [0.4, 0.5) is 4.39 Å². The van der Waals surface area contributed by atoms with Gasteiger partial charge in [-0.05, 0) is 18.0 Å². The van der Waals surface area contributed by atoms with Gasteiger partial charge in [0.15, 0.2) is 0 Å². The fourth-order valence-corrected chi connectivity index (χ4v) is 1.82. The molecule has 3 unspecified atom stereocenters. The third-order valence-corrected chi connectivity index (χ3v) is 3.52. The molecule has 1 aliphatic rings. The van der Waals surface area contributed by atoms with Crippen LogP contribution in [0.2, 0.25) is 5.28 Å². The summed E-state index contributed by atoms with van der Waals surface area (Å²) in [5, 5.41) is 0.384. The number of aromatic nitrogens is 2. The van der Waals surface area contributed by atoms with Gasteiger partial charge in [-0.2, -0.15) is 0 Å². The van der Waals surface area contributed by atoms with Crippen LogP contribution in [0.5, 0.6) is 0 Å². The molecule has 2 N–H and O–H groups in total. The van der Waals surface area contributed by atoms with E-state index in [9.17, 15) is 4.39 Å². The van der Waals surface area contributed by atoms with Gasteiger partial charge in [0.1, 0.15) is 6.17 Å². The third kappa shape index (κ3) is 1.25. The molecule has 0 aromatic carbocycles. The molecular formula is C9H13ClFN3. The Morgan fingerprint density at radius 3 is 2.79 bits per heavy atom. The molecule has 1 heterocycles. The topological polar surface area (TPSA) is 43.8 Å². The number of nitrogens with two attached hydrogens (primary N) is 1. The smallest absolute Gasteiger partial charge is 0.202 e. The van der Waals surface area contributed by atoms with Crippen LogP contribution >= 0.6 is 11.6 Å². The molecule has 0 amide bonds. The van der Waals surface area contributed by atoms with Crippen molar-refractivity contribution in [2.24, 2.45) is 18.2 Å². The number of hydrogen-bond donors (Lipinski definition) is 1. The van der Waals surface area contributed by atoms with Crippen molar-refractivity contribution in [1.82, 2.24) is 9.55 Å².